The second-order valence-electron chi connectivity index (χ2n) is 4.14. The maximum Gasteiger partial charge on any atom is 0.0243 e. The monoisotopic (exact) mass is 179 g/mol. The quantitative estimate of drug-likeness (QED) is 0.654. The summed E-state index contributed by atoms with van der Waals surface area (Å²) in [5.41, 5.74) is 0. The van der Waals surface area contributed by atoms with E-state index in [2.05, 4.69) is 25.1 Å². The van der Waals surface area contributed by atoms with E-state index < -0.39 is 0 Å². The van der Waals surface area contributed by atoms with E-state index in [1.807, 2.05) is 0 Å². The standard InChI is InChI=1S/C12H21N/c1-4-7-12(13-5-2)11-9-6-8-10(11)3/h1,10-13H,5-9H2,2-3H3. The molecule has 0 aliphatic heterocycles. The van der Waals surface area contributed by atoms with E-state index in [0.29, 0.717) is 6.04 Å². The van der Waals surface area contributed by atoms with E-state index in [0.717, 1.165) is 24.8 Å². The van der Waals surface area contributed by atoms with Gasteiger partial charge in [-0.3, -0.25) is 0 Å². The number of terminal acetylenes is 1. The minimum atomic E-state index is 0.562. The molecular weight excluding hydrogens is 158 g/mol. The van der Waals surface area contributed by atoms with Gasteiger partial charge < -0.3 is 5.32 Å². The third kappa shape index (κ3) is 2.74. The van der Waals surface area contributed by atoms with E-state index in [1.54, 1.807) is 0 Å². The van der Waals surface area contributed by atoms with Gasteiger partial charge >= 0.3 is 0 Å². The summed E-state index contributed by atoms with van der Waals surface area (Å²) in [5.74, 6) is 4.46. The number of hydrogen-bond donors (Lipinski definition) is 1. The van der Waals surface area contributed by atoms with Crippen LogP contribution in [0.25, 0.3) is 0 Å². The molecule has 1 heteroatoms. The third-order valence-electron chi connectivity index (χ3n) is 3.25. The molecule has 0 bridgehead atoms. The Balaban J connectivity index is 2.48. The van der Waals surface area contributed by atoms with Crippen molar-refractivity contribution < 1.29 is 0 Å². The maximum atomic E-state index is 5.38. The highest BCUT2D eigenvalue weighted by molar-refractivity contribution is 4.95. The largest absolute Gasteiger partial charge is 0.313 e. The Kier molecular flexibility index (Phi) is 4.32. The third-order valence-corrected chi connectivity index (χ3v) is 3.25. The molecule has 0 aromatic heterocycles. The summed E-state index contributed by atoms with van der Waals surface area (Å²) in [4.78, 5) is 0. The van der Waals surface area contributed by atoms with Gasteiger partial charge in [-0.1, -0.05) is 26.7 Å². The molecule has 0 saturated heterocycles. The molecule has 0 aromatic rings. The Bertz CT molecular complexity index is 180. The number of hydrogen-bond acceptors (Lipinski definition) is 1. The van der Waals surface area contributed by atoms with Crippen molar-refractivity contribution in [3.8, 4) is 12.3 Å². The van der Waals surface area contributed by atoms with Crippen LogP contribution in [0.3, 0.4) is 0 Å². The molecule has 1 aliphatic rings. The van der Waals surface area contributed by atoms with Crippen LogP contribution in [0.1, 0.15) is 39.5 Å². The van der Waals surface area contributed by atoms with Crippen molar-refractivity contribution >= 4 is 0 Å². The van der Waals surface area contributed by atoms with Gasteiger partial charge in [0.25, 0.3) is 0 Å². The van der Waals surface area contributed by atoms with Crippen LogP contribution in [0.5, 0.6) is 0 Å². The molecule has 74 valence electrons. The lowest BCUT2D eigenvalue weighted by atomic mass is 9.88. The highest BCUT2D eigenvalue weighted by Gasteiger charge is 2.29. The normalized spacial score (nSPS) is 29.9. The lowest BCUT2D eigenvalue weighted by Crippen LogP contribution is -2.37. The smallest absolute Gasteiger partial charge is 0.0243 e. The first kappa shape index (κ1) is 10.6. The molecule has 1 aliphatic carbocycles. The predicted octanol–water partition coefficient (Wildman–Crippen LogP) is 2.42. The topological polar surface area (TPSA) is 12.0 Å². The van der Waals surface area contributed by atoms with Gasteiger partial charge in [-0.25, -0.2) is 0 Å². The highest BCUT2D eigenvalue weighted by Crippen LogP contribution is 2.34. The van der Waals surface area contributed by atoms with Crippen molar-refractivity contribution in [3.63, 3.8) is 0 Å². The molecular formula is C12H21N. The van der Waals surface area contributed by atoms with Gasteiger partial charge in [-0.05, 0) is 24.8 Å². The van der Waals surface area contributed by atoms with Gasteiger partial charge in [0.15, 0.2) is 0 Å². The van der Waals surface area contributed by atoms with Crippen molar-refractivity contribution in [2.75, 3.05) is 6.54 Å². The fraction of sp³-hybridized carbons (Fsp3) is 0.833. The minimum Gasteiger partial charge on any atom is -0.313 e. The second-order valence-corrected chi connectivity index (χ2v) is 4.14. The molecule has 1 nitrogen and oxygen atoms in total. The molecule has 1 fully saturated rings. The Morgan fingerprint density at radius 1 is 1.54 bits per heavy atom. The van der Waals surface area contributed by atoms with Gasteiger partial charge in [0.05, 0.1) is 0 Å². The van der Waals surface area contributed by atoms with Crippen LogP contribution >= 0.6 is 0 Å². The van der Waals surface area contributed by atoms with Crippen molar-refractivity contribution in [1.29, 1.82) is 0 Å². The zero-order valence-electron chi connectivity index (χ0n) is 8.84. The van der Waals surface area contributed by atoms with Crippen LogP contribution in [0.15, 0.2) is 0 Å². The Morgan fingerprint density at radius 2 is 2.31 bits per heavy atom. The van der Waals surface area contributed by atoms with E-state index in [1.165, 1.54) is 19.3 Å². The molecule has 0 spiro atoms. The van der Waals surface area contributed by atoms with E-state index in [9.17, 15) is 0 Å². The average Bonchev–Trinajstić information content (AvgIpc) is 2.51. The summed E-state index contributed by atoms with van der Waals surface area (Å²) in [6, 6.07) is 0.562. The van der Waals surface area contributed by atoms with Gasteiger partial charge in [0.1, 0.15) is 0 Å². The molecule has 13 heavy (non-hydrogen) atoms. The van der Waals surface area contributed by atoms with Crippen molar-refractivity contribution in [1.82, 2.24) is 5.32 Å². The van der Waals surface area contributed by atoms with Crippen LogP contribution in [-0.2, 0) is 0 Å². The Hall–Kier alpha value is -0.480. The van der Waals surface area contributed by atoms with E-state index in [-0.39, 0.29) is 0 Å². The zero-order chi connectivity index (χ0) is 9.68. The molecule has 0 heterocycles. The molecule has 0 radical (unpaired) electrons. The first-order valence-corrected chi connectivity index (χ1v) is 5.46. The first-order chi connectivity index (χ1) is 6.29. The Morgan fingerprint density at radius 3 is 2.77 bits per heavy atom. The van der Waals surface area contributed by atoms with Crippen LogP contribution in [0, 0.1) is 24.2 Å². The summed E-state index contributed by atoms with van der Waals surface area (Å²) in [6.07, 6.45) is 10.4. The lowest BCUT2D eigenvalue weighted by molar-refractivity contribution is 0.304. The highest BCUT2D eigenvalue weighted by atomic mass is 14.9. The van der Waals surface area contributed by atoms with Crippen LogP contribution in [0.4, 0.5) is 0 Å². The molecule has 0 aromatic carbocycles. The van der Waals surface area contributed by atoms with Gasteiger partial charge in [-0.15, -0.1) is 12.3 Å². The average molecular weight is 179 g/mol. The summed E-state index contributed by atoms with van der Waals surface area (Å²) in [7, 11) is 0. The zero-order valence-corrected chi connectivity index (χ0v) is 8.84. The van der Waals surface area contributed by atoms with Crippen molar-refractivity contribution in [2.24, 2.45) is 11.8 Å². The fourth-order valence-electron chi connectivity index (χ4n) is 2.54. The number of rotatable bonds is 4. The van der Waals surface area contributed by atoms with Crippen LogP contribution < -0.4 is 5.32 Å². The Labute approximate surface area is 82.3 Å². The molecule has 0 amide bonds. The molecule has 3 atom stereocenters. The summed E-state index contributed by atoms with van der Waals surface area (Å²) in [5, 5.41) is 3.51. The molecule has 3 unspecified atom stereocenters. The van der Waals surface area contributed by atoms with Crippen molar-refractivity contribution in [3.05, 3.63) is 0 Å². The summed E-state index contributed by atoms with van der Waals surface area (Å²) >= 11 is 0. The van der Waals surface area contributed by atoms with Gasteiger partial charge in [0, 0.05) is 12.5 Å². The first-order valence-electron chi connectivity index (χ1n) is 5.46. The van der Waals surface area contributed by atoms with E-state index in [4.69, 9.17) is 6.42 Å². The SMILES string of the molecule is C#CCC(NCC)C1CCCC1C. The summed E-state index contributed by atoms with van der Waals surface area (Å²) in [6.45, 7) is 5.55. The molecule has 1 saturated carbocycles. The lowest BCUT2D eigenvalue weighted by Gasteiger charge is -2.26. The minimum absolute atomic E-state index is 0.562. The maximum absolute atomic E-state index is 5.38. The molecule has 1 rings (SSSR count). The van der Waals surface area contributed by atoms with Crippen LogP contribution in [0.2, 0.25) is 0 Å². The number of nitrogens with one attached hydrogen (secondary N) is 1. The van der Waals surface area contributed by atoms with Gasteiger partial charge in [0.2, 0.25) is 0 Å². The van der Waals surface area contributed by atoms with Gasteiger partial charge in [-0.2, -0.15) is 0 Å². The second kappa shape index (κ2) is 5.29. The van der Waals surface area contributed by atoms with E-state index >= 15 is 0 Å². The summed E-state index contributed by atoms with van der Waals surface area (Å²) < 4.78 is 0. The predicted molar refractivity (Wildman–Crippen MR) is 57.4 cm³/mol. The molecule has 1 N–H and O–H groups in total. The fourth-order valence-corrected chi connectivity index (χ4v) is 2.54. The van der Waals surface area contributed by atoms with Crippen LogP contribution in [-0.4, -0.2) is 12.6 Å². The van der Waals surface area contributed by atoms with Crippen molar-refractivity contribution in [2.45, 2.75) is 45.6 Å².